The van der Waals surface area contributed by atoms with Crippen molar-refractivity contribution in [2.75, 3.05) is 19.8 Å². The second kappa shape index (κ2) is 8.93. The average Bonchev–Trinajstić information content (AvgIpc) is 2.69. The highest BCUT2D eigenvalue weighted by Gasteiger charge is 2.22. The number of amides is 2. The Hall–Kier alpha value is -2.80. The molecule has 28 heavy (non-hydrogen) atoms. The summed E-state index contributed by atoms with van der Waals surface area (Å²) in [6.45, 7) is 4.88. The summed E-state index contributed by atoms with van der Waals surface area (Å²) < 4.78 is 11.2. The molecule has 0 bridgehead atoms. The standard InChI is InChI=1S/C20H22ClN3O4/c1-12(2)19(13-3-4-16-17(9-13)28-8-7-27-16)24-18(25)11-23-20(26)15-10-14(21)5-6-22-15/h3-6,9-10,12,19H,7-8,11H2,1-2H3,(H,23,26)(H,24,25)/t19-/m0/s1. The van der Waals surface area contributed by atoms with E-state index in [0.29, 0.717) is 29.7 Å². The highest BCUT2D eigenvalue weighted by molar-refractivity contribution is 6.30. The molecule has 1 aliphatic rings. The zero-order chi connectivity index (χ0) is 20.1. The molecule has 0 fully saturated rings. The number of carbonyl (C=O) groups is 2. The van der Waals surface area contributed by atoms with E-state index < -0.39 is 5.91 Å². The fourth-order valence-corrected chi connectivity index (χ4v) is 3.05. The molecule has 2 N–H and O–H groups in total. The number of rotatable bonds is 6. The number of halogens is 1. The van der Waals surface area contributed by atoms with Crippen LogP contribution in [0, 0.1) is 5.92 Å². The third kappa shape index (κ3) is 4.92. The Balaban J connectivity index is 1.62. The van der Waals surface area contributed by atoms with Crippen LogP contribution in [-0.2, 0) is 4.79 Å². The Morgan fingerprint density at radius 1 is 1.14 bits per heavy atom. The van der Waals surface area contributed by atoms with Crippen molar-refractivity contribution in [1.29, 1.82) is 0 Å². The van der Waals surface area contributed by atoms with E-state index in [1.807, 2.05) is 32.0 Å². The van der Waals surface area contributed by atoms with Crippen molar-refractivity contribution in [3.8, 4) is 11.5 Å². The predicted octanol–water partition coefficient (Wildman–Crippen LogP) is 2.75. The van der Waals surface area contributed by atoms with Crippen LogP contribution in [0.5, 0.6) is 11.5 Å². The fraction of sp³-hybridized carbons (Fsp3) is 0.350. The summed E-state index contributed by atoms with van der Waals surface area (Å²) in [4.78, 5) is 28.4. The number of hydrogen-bond acceptors (Lipinski definition) is 5. The summed E-state index contributed by atoms with van der Waals surface area (Å²) in [5.74, 6) is 0.743. The van der Waals surface area contributed by atoms with E-state index in [4.69, 9.17) is 21.1 Å². The molecule has 148 valence electrons. The van der Waals surface area contributed by atoms with Crippen molar-refractivity contribution in [2.24, 2.45) is 5.92 Å². The lowest BCUT2D eigenvalue weighted by Gasteiger charge is -2.25. The molecule has 0 radical (unpaired) electrons. The monoisotopic (exact) mass is 403 g/mol. The van der Waals surface area contributed by atoms with Crippen molar-refractivity contribution < 1.29 is 19.1 Å². The molecule has 0 saturated carbocycles. The van der Waals surface area contributed by atoms with Crippen LogP contribution in [0.3, 0.4) is 0 Å². The van der Waals surface area contributed by atoms with Gasteiger partial charge in [0.05, 0.1) is 12.6 Å². The zero-order valence-corrected chi connectivity index (χ0v) is 16.5. The van der Waals surface area contributed by atoms with Crippen molar-refractivity contribution in [2.45, 2.75) is 19.9 Å². The smallest absolute Gasteiger partial charge is 0.270 e. The highest BCUT2D eigenvalue weighted by Crippen LogP contribution is 2.34. The van der Waals surface area contributed by atoms with E-state index in [2.05, 4.69) is 15.6 Å². The lowest BCUT2D eigenvalue weighted by atomic mass is 9.95. The Bertz CT molecular complexity index is 872. The maximum Gasteiger partial charge on any atom is 0.270 e. The largest absolute Gasteiger partial charge is 0.486 e. The number of benzene rings is 1. The van der Waals surface area contributed by atoms with Crippen molar-refractivity contribution >= 4 is 23.4 Å². The molecular formula is C20H22ClN3O4. The molecule has 8 heteroatoms. The minimum Gasteiger partial charge on any atom is -0.486 e. The number of fused-ring (bicyclic) bond motifs is 1. The maximum absolute atomic E-state index is 12.4. The Morgan fingerprint density at radius 3 is 2.61 bits per heavy atom. The highest BCUT2D eigenvalue weighted by atomic mass is 35.5. The first kappa shape index (κ1) is 19.9. The van der Waals surface area contributed by atoms with Crippen molar-refractivity contribution in [1.82, 2.24) is 15.6 Å². The van der Waals surface area contributed by atoms with Crippen LogP contribution in [0.2, 0.25) is 5.02 Å². The van der Waals surface area contributed by atoms with Gasteiger partial charge in [-0.2, -0.15) is 0 Å². The van der Waals surface area contributed by atoms with E-state index >= 15 is 0 Å². The molecule has 3 rings (SSSR count). The Kier molecular flexibility index (Phi) is 6.36. The van der Waals surface area contributed by atoms with Crippen LogP contribution < -0.4 is 20.1 Å². The van der Waals surface area contributed by atoms with Gasteiger partial charge in [0, 0.05) is 11.2 Å². The van der Waals surface area contributed by atoms with Gasteiger partial charge in [0.2, 0.25) is 5.91 Å². The number of hydrogen-bond donors (Lipinski definition) is 2. The normalized spacial score (nSPS) is 13.7. The number of ether oxygens (including phenoxy) is 2. The molecule has 2 amide bonds. The maximum atomic E-state index is 12.4. The molecule has 0 saturated heterocycles. The summed E-state index contributed by atoms with van der Waals surface area (Å²) in [7, 11) is 0. The number of carbonyl (C=O) groups excluding carboxylic acids is 2. The van der Waals surface area contributed by atoms with Crippen LogP contribution in [0.1, 0.15) is 35.9 Å². The van der Waals surface area contributed by atoms with Crippen LogP contribution in [0.25, 0.3) is 0 Å². The van der Waals surface area contributed by atoms with Crippen molar-refractivity contribution in [3.05, 3.63) is 52.8 Å². The lowest BCUT2D eigenvalue weighted by molar-refractivity contribution is -0.121. The molecule has 1 atom stereocenters. The molecule has 0 aliphatic carbocycles. The predicted molar refractivity (Wildman–Crippen MR) is 105 cm³/mol. The van der Waals surface area contributed by atoms with Crippen molar-refractivity contribution in [3.63, 3.8) is 0 Å². The SMILES string of the molecule is CC(C)[C@H](NC(=O)CNC(=O)c1cc(Cl)ccn1)c1ccc2c(c1)OCCO2. The average molecular weight is 404 g/mol. The van der Waals surface area contributed by atoms with Gasteiger partial charge >= 0.3 is 0 Å². The van der Waals surface area contributed by atoms with Crippen LogP contribution >= 0.6 is 11.6 Å². The van der Waals surface area contributed by atoms with Gasteiger partial charge in [-0.1, -0.05) is 31.5 Å². The summed E-state index contributed by atoms with van der Waals surface area (Å²) >= 11 is 5.86. The number of nitrogens with zero attached hydrogens (tertiary/aromatic N) is 1. The molecule has 7 nitrogen and oxygen atoms in total. The van der Waals surface area contributed by atoms with E-state index in [9.17, 15) is 9.59 Å². The fourth-order valence-electron chi connectivity index (χ4n) is 2.89. The second-order valence-corrected chi connectivity index (χ2v) is 7.17. The van der Waals surface area contributed by atoms with E-state index in [1.165, 1.54) is 12.3 Å². The quantitative estimate of drug-likeness (QED) is 0.774. The van der Waals surface area contributed by atoms with Gasteiger partial charge in [0.15, 0.2) is 11.5 Å². The van der Waals surface area contributed by atoms with Crippen LogP contribution in [0.15, 0.2) is 36.5 Å². The van der Waals surface area contributed by atoms with Gasteiger partial charge in [-0.05, 0) is 35.7 Å². The van der Waals surface area contributed by atoms with Gasteiger partial charge in [-0.3, -0.25) is 14.6 Å². The van der Waals surface area contributed by atoms with Gasteiger partial charge in [-0.25, -0.2) is 0 Å². The summed E-state index contributed by atoms with van der Waals surface area (Å²) in [6, 6.07) is 8.43. The zero-order valence-electron chi connectivity index (χ0n) is 15.7. The first-order chi connectivity index (χ1) is 13.4. The number of pyridine rings is 1. The molecule has 2 heterocycles. The summed E-state index contributed by atoms with van der Waals surface area (Å²) in [6.07, 6.45) is 1.44. The van der Waals surface area contributed by atoms with Gasteiger partial charge in [0.1, 0.15) is 18.9 Å². The van der Waals surface area contributed by atoms with E-state index in [1.54, 1.807) is 6.07 Å². The molecular weight excluding hydrogens is 382 g/mol. The van der Waals surface area contributed by atoms with Crippen LogP contribution in [-0.4, -0.2) is 36.6 Å². The minimum absolute atomic E-state index is 0.136. The Labute approximate surface area is 168 Å². The molecule has 2 aromatic rings. The molecule has 1 aromatic heterocycles. The van der Waals surface area contributed by atoms with E-state index in [0.717, 1.165) is 5.56 Å². The topological polar surface area (TPSA) is 89.6 Å². The minimum atomic E-state index is -0.460. The third-order valence-corrected chi connectivity index (χ3v) is 4.51. The number of nitrogens with one attached hydrogen (secondary N) is 2. The summed E-state index contributed by atoms with van der Waals surface area (Å²) in [5.41, 5.74) is 1.07. The van der Waals surface area contributed by atoms with Gasteiger partial charge in [0.25, 0.3) is 5.91 Å². The first-order valence-electron chi connectivity index (χ1n) is 9.02. The summed E-state index contributed by atoms with van der Waals surface area (Å²) in [5, 5.41) is 5.92. The molecule has 1 aromatic carbocycles. The second-order valence-electron chi connectivity index (χ2n) is 6.73. The van der Waals surface area contributed by atoms with E-state index in [-0.39, 0.29) is 30.1 Å². The van der Waals surface area contributed by atoms with Crippen LogP contribution in [0.4, 0.5) is 0 Å². The molecule has 0 unspecified atom stereocenters. The lowest BCUT2D eigenvalue weighted by Crippen LogP contribution is -2.40. The molecule has 1 aliphatic heterocycles. The number of aromatic nitrogens is 1. The van der Waals surface area contributed by atoms with Gasteiger partial charge < -0.3 is 20.1 Å². The molecule has 0 spiro atoms. The Morgan fingerprint density at radius 2 is 1.89 bits per heavy atom. The first-order valence-corrected chi connectivity index (χ1v) is 9.40. The van der Waals surface area contributed by atoms with Gasteiger partial charge in [-0.15, -0.1) is 0 Å². The third-order valence-electron chi connectivity index (χ3n) is 4.27.